The van der Waals surface area contributed by atoms with Crippen LogP contribution in [0.2, 0.25) is 0 Å². The maximum atomic E-state index is 13.3. The van der Waals surface area contributed by atoms with Crippen molar-refractivity contribution in [2.24, 2.45) is 0 Å². The number of aliphatic carboxylic acids is 1. The van der Waals surface area contributed by atoms with Crippen molar-refractivity contribution in [1.29, 1.82) is 0 Å². The molecule has 0 aliphatic heterocycles. The van der Waals surface area contributed by atoms with Gasteiger partial charge in [0.1, 0.15) is 23.0 Å². The van der Waals surface area contributed by atoms with E-state index in [0.29, 0.717) is 17.9 Å². The van der Waals surface area contributed by atoms with Crippen LogP contribution in [0.4, 0.5) is 5.69 Å². The predicted octanol–water partition coefficient (Wildman–Crippen LogP) is 3.19. The van der Waals surface area contributed by atoms with Crippen LogP contribution in [-0.2, 0) is 24.2 Å². The fraction of sp³-hybridized carbons (Fsp3) is 0.300. The molecule has 1 amide bonds. The van der Waals surface area contributed by atoms with Crippen LogP contribution in [0.3, 0.4) is 0 Å². The molecule has 0 fully saturated rings. The van der Waals surface area contributed by atoms with Crippen LogP contribution in [-0.4, -0.2) is 73.5 Å². The van der Waals surface area contributed by atoms with Crippen molar-refractivity contribution in [2.45, 2.75) is 30.6 Å². The molecule has 3 rings (SSSR count). The van der Waals surface area contributed by atoms with Crippen molar-refractivity contribution in [2.75, 3.05) is 37.0 Å². The van der Waals surface area contributed by atoms with Crippen LogP contribution in [0.5, 0.6) is 17.2 Å². The molecule has 42 heavy (non-hydrogen) atoms. The Balaban J connectivity index is 1.71. The van der Waals surface area contributed by atoms with Crippen LogP contribution in [0.15, 0.2) is 77.7 Å². The molecule has 224 valence electrons. The number of anilines is 1. The van der Waals surface area contributed by atoms with Crippen LogP contribution in [0.25, 0.3) is 0 Å². The van der Waals surface area contributed by atoms with Crippen molar-refractivity contribution >= 4 is 33.2 Å². The molecule has 3 aromatic rings. The van der Waals surface area contributed by atoms with Gasteiger partial charge >= 0.3 is 5.97 Å². The van der Waals surface area contributed by atoms with Crippen LogP contribution < -0.4 is 14.4 Å². The monoisotopic (exact) mass is 599 g/mol. The first-order valence-corrected chi connectivity index (χ1v) is 14.8. The minimum absolute atomic E-state index is 0.0369. The molecule has 11 nitrogen and oxygen atoms in total. The van der Waals surface area contributed by atoms with Gasteiger partial charge in [0.15, 0.2) is 23.1 Å². The molecular formula is C30H33NO10S. The molecule has 0 spiro atoms. The van der Waals surface area contributed by atoms with E-state index >= 15 is 0 Å². The minimum atomic E-state index is -3.68. The fourth-order valence-corrected chi connectivity index (χ4v) is 5.50. The quantitative estimate of drug-likeness (QED) is 0.222. The summed E-state index contributed by atoms with van der Waals surface area (Å²) in [4.78, 5) is 37.4. The number of hydrogen-bond donors (Lipinski definition) is 3. The number of amides is 1. The number of hydrogen-bond acceptors (Lipinski definition) is 9. The van der Waals surface area contributed by atoms with E-state index in [1.165, 1.54) is 48.2 Å². The molecule has 0 aliphatic carbocycles. The SMILES string of the molecule is CC(=O)C(CCO)c1ccc(OCC(=O)N(CCCS(=O)(=O)c2ccc(O)cc2)c2ccc(OCC(=O)O)cc2)cc1. The van der Waals surface area contributed by atoms with Crippen molar-refractivity contribution < 1.29 is 47.6 Å². The van der Waals surface area contributed by atoms with Crippen molar-refractivity contribution in [3.63, 3.8) is 0 Å². The molecule has 0 saturated carbocycles. The van der Waals surface area contributed by atoms with Gasteiger partial charge in [-0.3, -0.25) is 9.59 Å². The number of sulfone groups is 1. The van der Waals surface area contributed by atoms with Crippen molar-refractivity contribution in [3.8, 4) is 17.2 Å². The predicted molar refractivity (Wildman–Crippen MR) is 154 cm³/mol. The number of aliphatic hydroxyl groups is 1. The summed E-state index contributed by atoms with van der Waals surface area (Å²) >= 11 is 0. The van der Waals surface area contributed by atoms with Crippen molar-refractivity contribution in [3.05, 3.63) is 78.4 Å². The highest BCUT2D eigenvalue weighted by Gasteiger charge is 2.21. The first-order valence-electron chi connectivity index (χ1n) is 13.1. The van der Waals surface area contributed by atoms with Gasteiger partial charge in [-0.25, -0.2) is 13.2 Å². The second kappa shape index (κ2) is 15.0. The van der Waals surface area contributed by atoms with Gasteiger partial charge in [0, 0.05) is 24.8 Å². The zero-order chi connectivity index (χ0) is 30.7. The number of nitrogens with zero attached hydrogens (tertiary/aromatic N) is 1. The van der Waals surface area contributed by atoms with Gasteiger partial charge in [0.05, 0.1) is 10.6 Å². The number of benzene rings is 3. The molecular weight excluding hydrogens is 566 g/mol. The fourth-order valence-electron chi connectivity index (χ4n) is 4.20. The molecule has 1 atom stereocenters. The van der Waals surface area contributed by atoms with E-state index in [1.807, 2.05) is 0 Å². The lowest BCUT2D eigenvalue weighted by Crippen LogP contribution is -2.36. The van der Waals surface area contributed by atoms with Gasteiger partial charge in [-0.2, -0.15) is 0 Å². The number of ketones is 1. The number of phenolic OH excluding ortho intramolecular Hbond substituents is 1. The smallest absolute Gasteiger partial charge is 0.341 e. The van der Waals surface area contributed by atoms with E-state index in [2.05, 4.69) is 0 Å². The third-order valence-electron chi connectivity index (χ3n) is 6.36. The molecule has 12 heteroatoms. The number of carboxylic acid groups (broad SMARTS) is 1. The second-order valence-electron chi connectivity index (χ2n) is 9.42. The zero-order valence-electron chi connectivity index (χ0n) is 23.0. The maximum Gasteiger partial charge on any atom is 0.341 e. The Morgan fingerprint density at radius 2 is 1.43 bits per heavy atom. The molecule has 3 aromatic carbocycles. The van der Waals surface area contributed by atoms with E-state index < -0.39 is 34.2 Å². The van der Waals surface area contributed by atoms with Gasteiger partial charge in [-0.05, 0) is 86.0 Å². The largest absolute Gasteiger partial charge is 0.508 e. The third-order valence-corrected chi connectivity index (χ3v) is 8.17. The topological polar surface area (TPSA) is 168 Å². The molecule has 0 heterocycles. The first-order chi connectivity index (χ1) is 20.0. The average molecular weight is 600 g/mol. The highest BCUT2D eigenvalue weighted by molar-refractivity contribution is 7.91. The highest BCUT2D eigenvalue weighted by Crippen LogP contribution is 2.25. The average Bonchev–Trinajstić information content (AvgIpc) is 2.96. The van der Waals surface area contributed by atoms with Crippen LogP contribution >= 0.6 is 0 Å². The van der Waals surface area contributed by atoms with E-state index in [9.17, 15) is 33.0 Å². The van der Waals surface area contributed by atoms with Gasteiger partial charge in [-0.15, -0.1) is 0 Å². The van der Waals surface area contributed by atoms with Crippen LogP contribution in [0, 0.1) is 0 Å². The summed E-state index contributed by atoms with van der Waals surface area (Å²) in [6.07, 6.45) is 0.393. The number of carboxylic acids is 1. The summed E-state index contributed by atoms with van der Waals surface area (Å²) in [6, 6.07) is 18.0. The summed E-state index contributed by atoms with van der Waals surface area (Å²) in [6.45, 7) is 0.467. The van der Waals surface area contributed by atoms with E-state index in [4.69, 9.17) is 14.6 Å². The summed E-state index contributed by atoms with van der Waals surface area (Å²) in [5.41, 5.74) is 1.15. The van der Waals surface area contributed by atoms with Gasteiger partial charge in [0.25, 0.3) is 5.91 Å². The Bertz CT molecular complexity index is 1450. The summed E-state index contributed by atoms with van der Waals surface area (Å²) in [7, 11) is -3.68. The molecule has 0 saturated heterocycles. The van der Waals surface area contributed by atoms with Gasteiger partial charge in [-0.1, -0.05) is 12.1 Å². The minimum Gasteiger partial charge on any atom is -0.508 e. The normalized spacial score (nSPS) is 11.9. The lowest BCUT2D eigenvalue weighted by atomic mass is 9.92. The highest BCUT2D eigenvalue weighted by atomic mass is 32.2. The summed E-state index contributed by atoms with van der Waals surface area (Å²) in [5.74, 6) is -1.76. The third kappa shape index (κ3) is 9.32. The Hall–Kier alpha value is -4.42. The molecule has 0 bridgehead atoms. The molecule has 1 unspecified atom stereocenters. The zero-order valence-corrected chi connectivity index (χ0v) is 23.8. The number of carbonyl (C=O) groups is 3. The Morgan fingerprint density at radius 3 is 1.98 bits per heavy atom. The van der Waals surface area contributed by atoms with Crippen molar-refractivity contribution in [1.82, 2.24) is 0 Å². The Morgan fingerprint density at radius 1 is 0.857 bits per heavy atom. The van der Waals surface area contributed by atoms with E-state index in [1.54, 1.807) is 36.4 Å². The second-order valence-corrected chi connectivity index (χ2v) is 11.5. The summed E-state index contributed by atoms with van der Waals surface area (Å²) in [5, 5.41) is 27.5. The number of phenols is 1. The number of aromatic hydroxyl groups is 1. The number of Topliss-reactive ketones (excluding diaryl/α,β-unsaturated/α-hetero) is 1. The number of rotatable bonds is 16. The Labute approximate surface area is 243 Å². The lowest BCUT2D eigenvalue weighted by Gasteiger charge is -2.23. The van der Waals surface area contributed by atoms with Gasteiger partial charge in [0.2, 0.25) is 0 Å². The first kappa shape index (κ1) is 32.1. The van der Waals surface area contributed by atoms with Crippen LogP contribution in [0.1, 0.15) is 31.2 Å². The molecule has 0 aromatic heterocycles. The number of carbonyl (C=O) groups excluding carboxylic acids is 2. The molecule has 0 aliphatic rings. The van der Waals surface area contributed by atoms with E-state index in [-0.39, 0.29) is 54.1 Å². The lowest BCUT2D eigenvalue weighted by molar-refractivity contribution is -0.139. The Kier molecular flexibility index (Phi) is 11.5. The number of aliphatic hydroxyl groups excluding tert-OH is 1. The molecule has 0 radical (unpaired) electrons. The van der Waals surface area contributed by atoms with Gasteiger partial charge < -0.3 is 29.7 Å². The van der Waals surface area contributed by atoms with E-state index in [0.717, 1.165) is 5.56 Å². The number of ether oxygens (including phenoxy) is 2. The molecule has 3 N–H and O–H groups in total. The standard InChI is InChI=1S/C30H33NO10S/c1-21(33)28(15-17-32)22-3-9-25(10-4-22)40-19-29(35)31(23-5-11-26(12-6-23)41-20-30(36)37)16-2-18-42(38,39)27-13-7-24(34)8-14-27/h3-14,28,32,34H,2,15-20H2,1H3,(H,36,37). The summed E-state index contributed by atoms with van der Waals surface area (Å²) < 4.78 is 36.4. The maximum absolute atomic E-state index is 13.3.